The van der Waals surface area contributed by atoms with Crippen LogP contribution in [0.2, 0.25) is 5.02 Å². The smallest absolute Gasteiger partial charge is 0.264 e. The van der Waals surface area contributed by atoms with Crippen LogP contribution in [0.25, 0.3) is 0 Å². The Balaban J connectivity index is 1.55. The van der Waals surface area contributed by atoms with Crippen LogP contribution in [-0.2, 0) is 32.6 Å². The number of hydrogen-bond donors (Lipinski definition) is 1. The standard InChI is InChI=1S/C37H39ClFN3O5S/c1-47-33-20-22-34(23-21-33)48(45,46)42(32-18-14-29(38)15-19-32)26-36(43)41(25-28-12-16-30(39)17-13-28)35(24-27-8-4-2-5-9-27)37(44)40-31-10-6-3-7-11-31/h2,4-5,8-9,12-23,31,35H,3,6-7,10-11,24-26H2,1H3,(H,40,44). The van der Waals surface area contributed by atoms with Crippen LogP contribution in [0.5, 0.6) is 5.75 Å². The Morgan fingerprint density at radius 3 is 2.15 bits per heavy atom. The number of rotatable bonds is 13. The van der Waals surface area contributed by atoms with Crippen LogP contribution < -0.4 is 14.4 Å². The highest BCUT2D eigenvalue weighted by atomic mass is 35.5. The first-order valence-electron chi connectivity index (χ1n) is 15.9. The maximum Gasteiger partial charge on any atom is 0.264 e. The molecule has 5 rings (SSSR count). The average Bonchev–Trinajstić information content (AvgIpc) is 3.10. The van der Waals surface area contributed by atoms with Crippen molar-refractivity contribution >= 4 is 39.1 Å². The number of halogens is 2. The molecule has 1 N–H and O–H groups in total. The first-order valence-corrected chi connectivity index (χ1v) is 17.8. The van der Waals surface area contributed by atoms with Crippen LogP contribution in [0.4, 0.5) is 10.1 Å². The number of carbonyl (C=O) groups excluding carboxylic acids is 2. The van der Waals surface area contributed by atoms with E-state index in [1.165, 1.54) is 60.5 Å². The summed E-state index contributed by atoms with van der Waals surface area (Å²) >= 11 is 6.14. The number of sulfonamides is 1. The lowest BCUT2D eigenvalue weighted by atomic mass is 9.94. The Kier molecular flexibility index (Phi) is 11.7. The molecule has 0 aliphatic heterocycles. The Morgan fingerprint density at radius 2 is 1.52 bits per heavy atom. The summed E-state index contributed by atoms with van der Waals surface area (Å²) < 4.78 is 48.5. The van der Waals surface area contributed by atoms with E-state index < -0.39 is 34.3 Å². The van der Waals surface area contributed by atoms with Crippen molar-refractivity contribution in [3.05, 3.63) is 125 Å². The highest BCUT2D eigenvalue weighted by Gasteiger charge is 2.35. The van der Waals surface area contributed by atoms with E-state index in [4.69, 9.17) is 16.3 Å². The van der Waals surface area contributed by atoms with E-state index in [1.54, 1.807) is 24.3 Å². The molecule has 0 aromatic heterocycles. The summed E-state index contributed by atoms with van der Waals surface area (Å²) in [5, 5.41) is 3.57. The average molecular weight is 692 g/mol. The zero-order chi connectivity index (χ0) is 34.1. The number of hydrogen-bond acceptors (Lipinski definition) is 5. The number of amides is 2. The third-order valence-corrected chi connectivity index (χ3v) is 10.6. The minimum atomic E-state index is -4.29. The zero-order valence-electron chi connectivity index (χ0n) is 26.7. The van der Waals surface area contributed by atoms with Gasteiger partial charge >= 0.3 is 0 Å². The molecule has 0 spiro atoms. The van der Waals surface area contributed by atoms with E-state index in [0.29, 0.717) is 16.3 Å². The molecule has 1 unspecified atom stereocenters. The lowest BCUT2D eigenvalue weighted by Crippen LogP contribution is -2.55. The third kappa shape index (κ3) is 8.93. The van der Waals surface area contributed by atoms with Crippen LogP contribution in [0.15, 0.2) is 108 Å². The van der Waals surface area contributed by atoms with E-state index in [9.17, 15) is 22.4 Å². The molecule has 0 radical (unpaired) electrons. The fraction of sp³-hybridized carbons (Fsp3) is 0.297. The van der Waals surface area contributed by atoms with Crippen molar-refractivity contribution in [2.24, 2.45) is 0 Å². The number of benzene rings is 4. The Labute approximate surface area is 286 Å². The first kappa shape index (κ1) is 34.9. The third-order valence-electron chi connectivity index (χ3n) is 8.53. The Morgan fingerprint density at radius 1 is 0.875 bits per heavy atom. The van der Waals surface area contributed by atoms with Gasteiger partial charge in [-0.3, -0.25) is 13.9 Å². The number of nitrogens with zero attached hydrogens (tertiary/aromatic N) is 2. The number of ether oxygens (including phenoxy) is 1. The molecule has 252 valence electrons. The second kappa shape index (κ2) is 16.1. The summed E-state index contributed by atoms with van der Waals surface area (Å²) in [5.74, 6) is -0.892. The van der Waals surface area contributed by atoms with Gasteiger partial charge in [-0.15, -0.1) is 0 Å². The molecule has 1 saturated carbocycles. The van der Waals surface area contributed by atoms with Crippen molar-refractivity contribution in [1.29, 1.82) is 0 Å². The van der Waals surface area contributed by atoms with Crippen LogP contribution in [0.3, 0.4) is 0 Å². The predicted molar refractivity (Wildman–Crippen MR) is 185 cm³/mol. The van der Waals surface area contributed by atoms with Gasteiger partial charge in [-0.25, -0.2) is 12.8 Å². The molecule has 4 aromatic carbocycles. The fourth-order valence-electron chi connectivity index (χ4n) is 5.90. The minimum absolute atomic E-state index is 0.0201. The van der Waals surface area contributed by atoms with Gasteiger partial charge in [0.1, 0.15) is 24.2 Å². The summed E-state index contributed by atoms with van der Waals surface area (Å²) in [7, 11) is -2.81. The van der Waals surface area contributed by atoms with Crippen LogP contribution >= 0.6 is 11.6 Å². The van der Waals surface area contributed by atoms with E-state index in [-0.39, 0.29) is 35.5 Å². The Bertz CT molecular complexity index is 1770. The van der Waals surface area contributed by atoms with E-state index in [0.717, 1.165) is 42.0 Å². The molecule has 1 aliphatic rings. The molecule has 0 saturated heterocycles. The molecular formula is C37H39ClFN3O5S. The van der Waals surface area contributed by atoms with Gasteiger partial charge in [0.25, 0.3) is 10.0 Å². The number of nitrogens with one attached hydrogen (secondary N) is 1. The van der Waals surface area contributed by atoms with Crippen LogP contribution in [-0.4, -0.2) is 50.9 Å². The van der Waals surface area contributed by atoms with Crippen molar-refractivity contribution in [2.45, 2.75) is 62.0 Å². The second-order valence-electron chi connectivity index (χ2n) is 11.9. The van der Waals surface area contributed by atoms with Gasteiger partial charge in [0.2, 0.25) is 11.8 Å². The maximum atomic E-state index is 14.6. The van der Waals surface area contributed by atoms with Crippen molar-refractivity contribution in [3.8, 4) is 5.75 Å². The largest absolute Gasteiger partial charge is 0.497 e. The normalized spacial score (nSPS) is 14.1. The molecule has 11 heteroatoms. The monoisotopic (exact) mass is 691 g/mol. The van der Waals surface area contributed by atoms with Gasteiger partial charge in [0, 0.05) is 24.0 Å². The van der Waals surface area contributed by atoms with Gasteiger partial charge in [-0.2, -0.15) is 0 Å². The number of methoxy groups -OCH3 is 1. The van der Waals surface area contributed by atoms with Crippen molar-refractivity contribution in [1.82, 2.24) is 10.2 Å². The molecule has 1 atom stereocenters. The summed E-state index contributed by atoms with van der Waals surface area (Å²) in [4.78, 5) is 30.1. The molecule has 8 nitrogen and oxygen atoms in total. The van der Waals surface area contributed by atoms with Gasteiger partial charge in [-0.05, 0) is 84.6 Å². The Hall–Kier alpha value is -4.41. The molecule has 1 fully saturated rings. The molecule has 48 heavy (non-hydrogen) atoms. The van der Waals surface area contributed by atoms with Crippen molar-refractivity contribution in [3.63, 3.8) is 0 Å². The quantitative estimate of drug-likeness (QED) is 0.167. The lowest BCUT2D eigenvalue weighted by molar-refractivity contribution is -0.140. The van der Waals surface area contributed by atoms with Crippen molar-refractivity contribution in [2.75, 3.05) is 18.0 Å². The highest BCUT2D eigenvalue weighted by molar-refractivity contribution is 7.92. The molecule has 2 amide bonds. The van der Waals surface area contributed by atoms with Gasteiger partial charge in [0.15, 0.2) is 0 Å². The topological polar surface area (TPSA) is 96.0 Å². The van der Waals surface area contributed by atoms with E-state index in [1.807, 2.05) is 30.3 Å². The highest BCUT2D eigenvalue weighted by Crippen LogP contribution is 2.28. The van der Waals surface area contributed by atoms with Crippen molar-refractivity contribution < 1.29 is 27.1 Å². The molecular weight excluding hydrogens is 653 g/mol. The summed E-state index contributed by atoms with van der Waals surface area (Å²) in [5.41, 5.74) is 1.64. The second-order valence-corrected chi connectivity index (χ2v) is 14.2. The molecule has 0 heterocycles. The van der Waals surface area contributed by atoms with E-state index >= 15 is 0 Å². The molecule has 4 aromatic rings. The zero-order valence-corrected chi connectivity index (χ0v) is 28.3. The fourth-order valence-corrected chi connectivity index (χ4v) is 7.44. The molecule has 1 aliphatic carbocycles. The summed E-state index contributed by atoms with van der Waals surface area (Å²) in [6.07, 6.45) is 5.01. The summed E-state index contributed by atoms with van der Waals surface area (Å²) in [6, 6.07) is 26.1. The minimum Gasteiger partial charge on any atom is -0.497 e. The van der Waals surface area contributed by atoms with Gasteiger partial charge < -0.3 is 15.0 Å². The molecule has 0 bridgehead atoms. The van der Waals surface area contributed by atoms with Crippen LogP contribution in [0, 0.1) is 5.82 Å². The number of carbonyl (C=O) groups is 2. The van der Waals surface area contributed by atoms with Crippen LogP contribution in [0.1, 0.15) is 43.2 Å². The van der Waals surface area contributed by atoms with E-state index in [2.05, 4.69) is 5.32 Å². The summed E-state index contributed by atoms with van der Waals surface area (Å²) in [6.45, 7) is -0.662. The predicted octanol–water partition coefficient (Wildman–Crippen LogP) is 6.77. The van der Waals surface area contributed by atoms with Gasteiger partial charge in [0.05, 0.1) is 17.7 Å². The number of anilines is 1. The van der Waals surface area contributed by atoms with Gasteiger partial charge in [-0.1, -0.05) is 73.3 Å². The first-order chi connectivity index (χ1) is 23.1. The maximum absolute atomic E-state index is 14.6. The SMILES string of the molecule is COc1ccc(S(=O)(=O)N(CC(=O)N(Cc2ccc(F)cc2)C(Cc2ccccc2)C(=O)NC2CCCCC2)c2ccc(Cl)cc2)cc1. The lowest BCUT2D eigenvalue weighted by Gasteiger charge is -2.35.